The van der Waals surface area contributed by atoms with Crippen LogP contribution < -0.4 is 0 Å². The summed E-state index contributed by atoms with van der Waals surface area (Å²) >= 11 is 0. The summed E-state index contributed by atoms with van der Waals surface area (Å²) in [6, 6.07) is 5.36. The van der Waals surface area contributed by atoms with Crippen molar-refractivity contribution in [3.8, 4) is 5.75 Å². The van der Waals surface area contributed by atoms with Crippen molar-refractivity contribution < 1.29 is 9.90 Å². The summed E-state index contributed by atoms with van der Waals surface area (Å²) < 4.78 is 0. The first kappa shape index (κ1) is 11.2. The molecule has 0 radical (unpaired) electrons. The van der Waals surface area contributed by atoms with Crippen LogP contribution in [-0.2, 0) is 4.79 Å². The third kappa shape index (κ3) is 3.81. The van der Waals surface area contributed by atoms with E-state index in [1.165, 1.54) is 13.0 Å². The third-order valence-electron chi connectivity index (χ3n) is 1.95. The minimum atomic E-state index is 0.0292. The highest BCUT2D eigenvalue weighted by molar-refractivity contribution is 5.87. The van der Waals surface area contributed by atoms with Gasteiger partial charge in [-0.1, -0.05) is 24.3 Å². The van der Waals surface area contributed by atoms with E-state index in [2.05, 4.69) is 0 Å². The van der Waals surface area contributed by atoms with Gasteiger partial charge < -0.3 is 5.11 Å². The first-order chi connectivity index (χ1) is 7.09. The summed E-state index contributed by atoms with van der Waals surface area (Å²) in [6.07, 6.45) is 6.88. The molecule has 1 rings (SSSR count). The normalized spacial score (nSPS) is 11.3. The van der Waals surface area contributed by atoms with Crippen LogP contribution >= 0.6 is 0 Å². The quantitative estimate of drug-likeness (QED) is 0.604. The van der Waals surface area contributed by atoms with Gasteiger partial charge in [0.2, 0.25) is 0 Å². The number of ketones is 1. The molecule has 0 unspecified atom stereocenters. The van der Waals surface area contributed by atoms with Gasteiger partial charge in [-0.25, -0.2) is 0 Å². The van der Waals surface area contributed by atoms with Gasteiger partial charge in [0.05, 0.1) is 0 Å². The zero-order valence-corrected chi connectivity index (χ0v) is 8.90. The first-order valence-corrected chi connectivity index (χ1v) is 4.74. The van der Waals surface area contributed by atoms with E-state index in [-0.39, 0.29) is 5.78 Å². The van der Waals surface area contributed by atoms with E-state index >= 15 is 0 Å². The van der Waals surface area contributed by atoms with Gasteiger partial charge in [0.25, 0.3) is 0 Å². The van der Waals surface area contributed by atoms with Crippen LogP contribution in [0.4, 0.5) is 0 Å². The minimum absolute atomic E-state index is 0.0292. The summed E-state index contributed by atoms with van der Waals surface area (Å²) in [4.78, 5) is 10.6. The molecule has 0 aliphatic heterocycles. The van der Waals surface area contributed by atoms with E-state index < -0.39 is 0 Å². The lowest BCUT2D eigenvalue weighted by molar-refractivity contribution is -0.112. The van der Waals surface area contributed by atoms with Crippen LogP contribution in [0, 0.1) is 6.92 Å². The van der Waals surface area contributed by atoms with Crippen LogP contribution in [0.1, 0.15) is 18.1 Å². The van der Waals surface area contributed by atoms with Gasteiger partial charge in [0.1, 0.15) is 5.75 Å². The zero-order chi connectivity index (χ0) is 11.3. The molecule has 0 aromatic heterocycles. The molecule has 0 amide bonds. The van der Waals surface area contributed by atoms with Gasteiger partial charge >= 0.3 is 0 Å². The van der Waals surface area contributed by atoms with Crippen molar-refractivity contribution in [1.29, 1.82) is 0 Å². The van der Waals surface area contributed by atoms with Gasteiger partial charge in [-0.2, -0.15) is 0 Å². The Balaban J connectivity index is 2.73. The molecular weight excluding hydrogens is 188 g/mol. The molecule has 2 nitrogen and oxygen atoms in total. The maximum atomic E-state index is 10.6. The van der Waals surface area contributed by atoms with Crippen LogP contribution in [0.5, 0.6) is 5.75 Å². The summed E-state index contributed by atoms with van der Waals surface area (Å²) in [7, 11) is 0. The number of carbonyl (C=O) groups excluding carboxylic acids is 1. The second-order valence-corrected chi connectivity index (χ2v) is 3.37. The molecule has 2 heteroatoms. The third-order valence-corrected chi connectivity index (χ3v) is 1.95. The average molecular weight is 202 g/mol. The molecule has 15 heavy (non-hydrogen) atoms. The fraction of sp³-hybridized carbons (Fsp3) is 0.154. The SMILES string of the molecule is CC(=O)/C=C/C=C/c1ccc(O)c(C)c1. The Bertz CT molecular complexity index is 415. The van der Waals surface area contributed by atoms with E-state index in [1.54, 1.807) is 18.2 Å². The highest BCUT2D eigenvalue weighted by atomic mass is 16.3. The van der Waals surface area contributed by atoms with Crippen LogP contribution in [-0.4, -0.2) is 10.9 Å². The van der Waals surface area contributed by atoms with Gasteiger partial charge in [-0.3, -0.25) is 4.79 Å². The number of benzene rings is 1. The Labute approximate surface area is 89.6 Å². The van der Waals surface area contributed by atoms with Crippen LogP contribution in [0.25, 0.3) is 6.08 Å². The Morgan fingerprint density at radius 2 is 2.07 bits per heavy atom. The molecule has 1 aromatic rings. The second-order valence-electron chi connectivity index (χ2n) is 3.37. The average Bonchev–Trinajstić information content (AvgIpc) is 2.18. The Hall–Kier alpha value is -1.83. The molecule has 0 heterocycles. The highest BCUT2D eigenvalue weighted by Crippen LogP contribution is 2.17. The Morgan fingerprint density at radius 1 is 1.33 bits per heavy atom. The van der Waals surface area contributed by atoms with Crippen molar-refractivity contribution in [1.82, 2.24) is 0 Å². The van der Waals surface area contributed by atoms with E-state index in [0.29, 0.717) is 5.75 Å². The lowest BCUT2D eigenvalue weighted by atomic mass is 10.1. The monoisotopic (exact) mass is 202 g/mol. The zero-order valence-electron chi connectivity index (χ0n) is 8.90. The fourth-order valence-corrected chi connectivity index (χ4v) is 1.14. The number of phenols is 1. The van der Waals surface area contributed by atoms with Crippen LogP contribution in [0.15, 0.2) is 36.4 Å². The maximum Gasteiger partial charge on any atom is 0.152 e. The van der Waals surface area contributed by atoms with Crippen LogP contribution in [0.3, 0.4) is 0 Å². The standard InChI is InChI=1S/C13H14O2/c1-10-9-12(7-8-13(10)15)6-4-3-5-11(2)14/h3-9,15H,1-2H3/b5-3+,6-4+. The second kappa shape index (κ2) is 5.15. The molecule has 0 bridgehead atoms. The number of hydrogen-bond donors (Lipinski definition) is 1. The van der Waals surface area contributed by atoms with E-state index in [0.717, 1.165) is 11.1 Å². The first-order valence-electron chi connectivity index (χ1n) is 4.74. The van der Waals surface area contributed by atoms with Crippen molar-refractivity contribution in [2.75, 3.05) is 0 Å². The molecule has 0 fully saturated rings. The number of allylic oxidation sites excluding steroid dienone is 3. The largest absolute Gasteiger partial charge is 0.508 e. The topological polar surface area (TPSA) is 37.3 Å². The number of carbonyl (C=O) groups is 1. The number of aryl methyl sites for hydroxylation is 1. The summed E-state index contributed by atoms with van der Waals surface area (Å²) in [6.45, 7) is 3.35. The number of rotatable bonds is 3. The molecule has 0 atom stereocenters. The van der Waals surface area contributed by atoms with Crippen LogP contribution in [0.2, 0.25) is 0 Å². The molecule has 78 valence electrons. The van der Waals surface area contributed by atoms with E-state index in [1.807, 2.05) is 25.1 Å². The van der Waals surface area contributed by atoms with Gasteiger partial charge in [0.15, 0.2) is 5.78 Å². The molecular formula is C13H14O2. The smallest absolute Gasteiger partial charge is 0.152 e. The van der Waals surface area contributed by atoms with Gasteiger partial charge in [-0.15, -0.1) is 0 Å². The van der Waals surface area contributed by atoms with Crippen molar-refractivity contribution in [3.63, 3.8) is 0 Å². The van der Waals surface area contributed by atoms with E-state index in [4.69, 9.17) is 0 Å². The van der Waals surface area contributed by atoms with Gasteiger partial charge in [0, 0.05) is 0 Å². The lowest BCUT2D eigenvalue weighted by Gasteiger charge is -1.98. The minimum Gasteiger partial charge on any atom is -0.508 e. The summed E-state index contributed by atoms with van der Waals surface area (Å²) in [5.74, 6) is 0.327. The molecule has 0 saturated heterocycles. The lowest BCUT2D eigenvalue weighted by Crippen LogP contribution is -1.78. The highest BCUT2D eigenvalue weighted by Gasteiger charge is 1.94. The predicted molar refractivity (Wildman–Crippen MR) is 61.7 cm³/mol. The van der Waals surface area contributed by atoms with Crippen molar-refractivity contribution in [2.24, 2.45) is 0 Å². The van der Waals surface area contributed by atoms with Crippen molar-refractivity contribution >= 4 is 11.9 Å². The van der Waals surface area contributed by atoms with Crippen molar-refractivity contribution in [3.05, 3.63) is 47.6 Å². The summed E-state index contributed by atoms with van der Waals surface area (Å²) in [5, 5.41) is 9.31. The van der Waals surface area contributed by atoms with Gasteiger partial charge in [-0.05, 0) is 43.2 Å². The Kier molecular flexibility index (Phi) is 3.86. The van der Waals surface area contributed by atoms with E-state index in [9.17, 15) is 9.90 Å². The number of aromatic hydroxyl groups is 1. The molecule has 0 aliphatic carbocycles. The summed E-state index contributed by atoms with van der Waals surface area (Å²) in [5.41, 5.74) is 1.84. The molecule has 0 aliphatic rings. The number of hydrogen-bond acceptors (Lipinski definition) is 2. The Morgan fingerprint density at radius 3 is 2.67 bits per heavy atom. The number of phenolic OH excluding ortho intramolecular Hbond substituents is 1. The molecule has 1 aromatic carbocycles. The molecule has 0 saturated carbocycles. The fourth-order valence-electron chi connectivity index (χ4n) is 1.14. The predicted octanol–water partition coefficient (Wildman–Crippen LogP) is 2.86. The molecule has 0 spiro atoms. The molecule has 1 N–H and O–H groups in total. The van der Waals surface area contributed by atoms with Crippen molar-refractivity contribution in [2.45, 2.75) is 13.8 Å². The maximum absolute atomic E-state index is 10.6.